The van der Waals surface area contributed by atoms with Gasteiger partial charge in [-0.05, 0) is 36.4 Å². The molecule has 1 amide bonds. The van der Waals surface area contributed by atoms with E-state index in [9.17, 15) is 4.79 Å². The number of nitrogens with one attached hydrogen (secondary N) is 2. The van der Waals surface area contributed by atoms with Crippen molar-refractivity contribution in [2.75, 3.05) is 5.32 Å². The molecule has 8 heteroatoms. The van der Waals surface area contributed by atoms with E-state index < -0.39 is 5.91 Å². The lowest BCUT2D eigenvalue weighted by Crippen LogP contribution is -2.12. The number of benzene rings is 1. The van der Waals surface area contributed by atoms with Crippen LogP contribution in [0.1, 0.15) is 10.5 Å². The summed E-state index contributed by atoms with van der Waals surface area (Å²) in [4.78, 5) is 16.3. The van der Waals surface area contributed by atoms with E-state index in [1.54, 1.807) is 48.8 Å². The fourth-order valence-corrected chi connectivity index (χ4v) is 2.50. The molecule has 0 aliphatic carbocycles. The highest BCUT2D eigenvalue weighted by Gasteiger charge is 2.15. The van der Waals surface area contributed by atoms with Crippen molar-refractivity contribution in [1.29, 1.82) is 0 Å². The van der Waals surface area contributed by atoms with Crippen molar-refractivity contribution >= 4 is 23.3 Å². The van der Waals surface area contributed by atoms with Gasteiger partial charge < -0.3 is 9.84 Å². The molecule has 0 aliphatic heterocycles. The van der Waals surface area contributed by atoms with Gasteiger partial charge in [-0.3, -0.25) is 14.9 Å². The molecule has 1 aromatic carbocycles. The molecule has 3 aromatic heterocycles. The Bertz CT molecular complexity index is 1040. The summed E-state index contributed by atoms with van der Waals surface area (Å²) in [7, 11) is 0. The van der Waals surface area contributed by atoms with Crippen LogP contribution in [0.5, 0.6) is 0 Å². The second-order valence-electron chi connectivity index (χ2n) is 5.44. The van der Waals surface area contributed by atoms with Gasteiger partial charge in [-0.25, -0.2) is 0 Å². The predicted octanol–water partition coefficient (Wildman–Crippen LogP) is 4.03. The summed E-state index contributed by atoms with van der Waals surface area (Å²) in [5, 5.41) is 14.1. The van der Waals surface area contributed by atoms with Crippen LogP contribution in [-0.4, -0.2) is 26.2 Å². The van der Waals surface area contributed by atoms with E-state index in [0.29, 0.717) is 16.6 Å². The SMILES string of the molecule is O=C(Nc1cc(-c2ccncc2)[nH]n1)c1cc(-c2ccc(Cl)cc2)on1. The van der Waals surface area contributed by atoms with Gasteiger partial charge >= 0.3 is 0 Å². The van der Waals surface area contributed by atoms with E-state index >= 15 is 0 Å². The molecule has 4 rings (SSSR count). The van der Waals surface area contributed by atoms with Gasteiger partial charge in [0.25, 0.3) is 5.91 Å². The van der Waals surface area contributed by atoms with Crippen LogP contribution in [0.2, 0.25) is 5.02 Å². The van der Waals surface area contributed by atoms with Crippen LogP contribution in [0.15, 0.2) is 65.4 Å². The zero-order valence-electron chi connectivity index (χ0n) is 13.3. The molecule has 0 radical (unpaired) electrons. The zero-order valence-corrected chi connectivity index (χ0v) is 14.1. The highest BCUT2D eigenvalue weighted by atomic mass is 35.5. The summed E-state index contributed by atoms with van der Waals surface area (Å²) in [6.45, 7) is 0. The molecule has 26 heavy (non-hydrogen) atoms. The highest BCUT2D eigenvalue weighted by Crippen LogP contribution is 2.23. The number of hydrogen-bond acceptors (Lipinski definition) is 5. The normalized spacial score (nSPS) is 10.7. The van der Waals surface area contributed by atoms with Crippen molar-refractivity contribution in [2.45, 2.75) is 0 Å². The van der Waals surface area contributed by atoms with Crippen molar-refractivity contribution in [2.24, 2.45) is 0 Å². The number of pyridine rings is 1. The number of H-pyrrole nitrogens is 1. The minimum absolute atomic E-state index is 0.156. The first-order valence-electron chi connectivity index (χ1n) is 7.69. The Hall–Kier alpha value is -3.45. The predicted molar refractivity (Wildman–Crippen MR) is 96.7 cm³/mol. The Morgan fingerprint density at radius 1 is 1.04 bits per heavy atom. The van der Waals surface area contributed by atoms with Gasteiger partial charge in [-0.2, -0.15) is 5.10 Å². The van der Waals surface area contributed by atoms with Gasteiger partial charge in [0.1, 0.15) is 0 Å². The van der Waals surface area contributed by atoms with E-state index in [1.807, 2.05) is 12.1 Å². The molecule has 0 unspecified atom stereocenters. The van der Waals surface area contributed by atoms with Crippen LogP contribution >= 0.6 is 11.6 Å². The van der Waals surface area contributed by atoms with Gasteiger partial charge in [0.15, 0.2) is 17.3 Å². The highest BCUT2D eigenvalue weighted by molar-refractivity contribution is 6.30. The molecule has 0 saturated heterocycles. The van der Waals surface area contributed by atoms with Crippen molar-refractivity contribution in [1.82, 2.24) is 20.3 Å². The van der Waals surface area contributed by atoms with Crippen LogP contribution in [0.4, 0.5) is 5.82 Å². The molecule has 4 aromatic rings. The lowest BCUT2D eigenvalue weighted by Gasteiger charge is -1.96. The van der Waals surface area contributed by atoms with Crippen LogP contribution in [0.3, 0.4) is 0 Å². The number of amides is 1. The van der Waals surface area contributed by atoms with Crippen molar-refractivity contribution in [3.63, 3.8) is 0 Å². The molecular weight excluding hydrogens is 354 g/mol. The number of aromatic nitrogens is 4. The molecule has 0 aliphatic rings. The Morgan fingerprint density at radius 2 is 1.81 bits per heavy atom. The number of rotatable bonds is 4. The van der Waals surface area contributed by atoms with E-state index in [1.165, 1.54) is 0 Å². The van der Waals surface area contributed by atoms with Gasteiger partial charge in [0.05, 0.1) is 5.69 Å². The Labute approximate surface area is 153 Å². The van der Waals surface area contributed by atoms with Gasteiger partial charge in [0.2, 0.25) is 0 Å². The maximum atomic E-state index is 12.3. The van der Waals surface area contributed by atoms with E-state index in [-0.39, 0.29) is 5.69 Å². The smallest absolute Gasteiger partial charge is 0.279 e. The third-order valence-corrected chi connectivity index (χ3v) is 3.93. The Balaban J connectivity index is 1.49. The Kier molecular flexibility index (Phi) is 4.20. The molecule has 2 N–H and O–H groups in total. The lowest BCUT2D eigenvalue weighted by atomic mass is 10.1. The van der Waals surface area contributed by atoms with Crippen molar-refractivity contribution in [3.05, 3.63) is 71.6 Å². The van der Waals surface area contributed by atoms with Crippen molar-refractivity contribution in [3.8, 4) is 22.6 Å². The molecule has 0 spiro atoms. The van der Waals surface area contributed by atoms with E-state index in [0.717, 1.165) is 16.8 Å². The molecule has 0 saturated carbocycles. The molecule has 3 heterocycles. The third kappa shape index (κ3) is 3.33. The average Bonchev–Trinajstić information content (AvgIpc) is 3.33. The molecular formula is C18H12ClN5O2. The Morgan fingerprint density at radius 3 is 2.58 bits per heavy atom. The second kappa shape index (κ2) is 6.81. The number of carbonyl (C=O) groups excluding carboxylic acids is 1. The first kappa shape index (κ1) is 16.0. The number of halogens is 1. The number of carbonyl (C=O) groups is 1. The first-order valence-corrected chi connectivity index (χ1v) is 8.07. The fourth-order valence-electron chi connectivity index (χ4n) is 2.38. The second-order valence-corrected chi connectivity index (χ2v) is 5.88. The summed E-state index contributed by atoms with van der Waals surface area (Å²) in [5.74, 6) is 0.450. The number of anilines is 1. The minimum atomic E-state index is -0.415. The summed E-state index contributed by atoms with van der Waals surface area (Å²) in [5.41, 5.74) is 2.62. The monoisotopic (exact) mass is 365 g/mol. The maximum Gasteiger partial charge on any atom is 0.279 e. The number of hydrogen-bond donors (Lipinski definition) is 2. The quantitative estimate of drug-likeness (QED) is 0.569. The summed E-state index contributed by atoms with van der Waals surface area (Å²) in [6, 6.07) is 14.0. The first-order chi connectivity index (χ1) is 12.7. The van der Waals surface area contributed by atoms with Crippen LogP contribution in [0, 0.1) is 0 Å². The van der Waals surface area contributed by atoms with Crippen LogP contribution in [-0.2, 0) is 0 Å². The lowest BCUT2D eigenvalue weighted by molar-refractivity contribution is 0.101. The van der Waals surface area contributed by atoms with Gasteiger partial charge in [-0.15, -0.1) is 0 Å². The van der Waals surface area contributed by atoms with Crippen molar-refractivity contribution < 1.29 is 9.32 Å². The molecule has 0 bridgehead atoms. The maximum absolute atomic E-state index is 12.3. The zero-order chi connectivity index (χ0) is 17.9. The molecule has 7 nitrogen and oxygen atoms in total. The standard InChI is InChI=1S/C18H12ClN5O2/c19-13-3-1-12(2-4-13)16-9-15(24-26-16)18(25)21-17-10-14(22-23-17)11-5-7-20-8-6-11/h1-10H,(H2,21,22,23,25). The summed E-state index contributed by atoms with van der Waals surface area (Å²) >= 11 is 5.87. The largest absolute Gasteiger partial charge is 0.355 e. The van der Waals surface area contributed by atoms with Crippen LogP contribution < -0.4 is 5.32 Å². The fraction of sp³-hybridized carbons (Fsp3) is 0. The molecule has 0 atom stereocenters. The third-order valence-electron chi connectivity index (χ3n) is 3.68. The molecule has 128 valence electrons. The molecule has 0 fully saturated rings. The van der Waals surface area contributed by atoms with Gasteiger partial charge in [0, 0.05) is 40.7 Å². The van der Waals surface area contributed by atoms with Crippen LogP contribution in [0.25, 0.3) is 22.6 Å². The van der Waals surface area contributed by atoms with Gasteiger partial charge in [-0.1, -0.05) is 16.8 Å². The number of aromatic amines is 1. The topological polar surface area (TPSA) is 96.7 Å². The average molecular weight is 366 g/mol. The number of nitrogens with zero attached hydrogens (tertiary/aromatic N) is 3. The summed E-state index contributed by atoms with van der Waals surface area (Å²) < 4.78 is 5.23. The minimum Gasteiger partial charge on any atom is -0.355 e. The summed E-state index contributed by atoms with van der Waals surface area (Å²) in [6.07, 6.45) is 3.37. The van der Waals surface area contributed by atoms with E-state index in [2.05, 4.69) is 25.7 Å². The van der Waals surface area contributed by atoms with E-state index in [4.69, 9.17) is 16.1 Å².